The van der Waals surface area contributed by atoms with Gasteiger partial charge in [-0.3, -0.25) is 14.3 Å². The number of alkyl halides is 3. The van der Waals surface area contributed by atoms with E-state index in [9.17, 15) is 18.4 Å². The maximum absolute atomic E-state index is 14.0. The van der Waals surface area contributed by atoms with E-state index in [2.05, 4.69) is 0 Å². The molecule has 0 aromatic carbocycles. The van der Waals surface area contributed by atoms with E-state index >= 15 is 0 Å². The van der Waals surface area contributed by atoms with Gasteiger partial charge in [-0.15, -0.1) is 0 Å². The first-order chi connectivity index (χ1) is 8.39. The van der Waals surface area contributed by atoms with Gasteiger partial charge in [0.2, 0.25) is 0 Å². The number of aromatic nitrogens is 2. The van der Waals surface area contributed by atoms with Crippen molar-refractivity contribution in [1.82, 2.24) is 9.55 Å². The van der Waals surface area contributed by atoms with Crippen LogP contribution in [0.15, 0.2) is 21.9 Å². The van der Waals surface area contributed by atoms with E-state index in [1.165, 1.54) is 13.1 Å². The molecule has 1 N–H and O–H groups in total. The van der Waals surface area contributed by atoms with Gasteiger partial charge >= 0.3 is 5.69 Å². The highest BCUT2D eigenvalue weighted by atomic mass is 127. The fourth-order valence-corrected chi connectivity index (χ4v) is 2.55. The summed E-state index contributed by atoms with van der Waals surface area (Å²) in [6.45, 7) is 1.46. The van der Waals surface area contributed by atoms with Crippen LogP contribution in [0.4, 0.5) is 8.78 Å². The molecule has 4 atom stereocenters. The van der Waals surface area contributed by atoms with Crippen LogP contribution in [0.3, 0.4) is 0 Å². The summed E-state index contributed by atoms with van der Waals surface area (Å²) in [5.74, 6) is -3.23. The Kier molecular flexibility index (Phi) is 3.58. The number of rotatable bonds is 2. The second kappa shape index (κ2) is 4.72. The Labute approximate surface area is 114 Å². The molecule has 8 heteroatoms. The molecule has 1 aliphatic heterocycles. The van der Waals surface area contributed by atoms with Gasteiger partial charge in [0.15, 0.2) is 6.17 Å². The summed E-state index contributed by atoms with van der Waals surface area (Å²) < 4.78 is 33.7. The molecule has 5 nitrogen and oxygen atoms in total. The van der Waals surface area contributed by atoms with Gasteiger partial charge in [-0.2, -0.15) is 0 Å². The van der Waals surface area contributed by atoms with Gasteiger partial charge in [0.25, 0.3) is 11.4 Å². The van der Waals surface area contributed by atoms with E-state index < -0.39 is 35.4 Å². The maximum atomic E-state index is 14.0. The van der Waals surface area contributed by atoms with Crippen molar-refractivity contribution in [2.75, 3.05) is 4.43 Å². The van der Waals surface area contributed by atoms with Crippen molar-refractivity contribution < 1.29 is 13.5 Å². The monoisotopic (exact) mass is 372 g/mol. The van der Waals surface area contributed by atoms with Crippen LogP contribution in [-0.2, 0) is 4.74 Å². The molecule has 2 heterocycles. The highest BCUT2D eigenvalue weighted by Crippen LogP contribution is 2.44. The summed E-state index contributed by atoms with van der Waals surface area (Å²) in [6.07, 6.45) is -1.71. The number of hydrogen-bond donors (Lipinski definition) is 1. The molecule has 1 aromatic rings. The fraction of sp³-hybridized carbons (Fsp3) is 0.600. The van der Waals surface area contributed by atoms with Crippen molar-refractivity contribution in [3.63, 3.8) is 0 Å². The molecular formula is C10H11F2IN2O3. The largest absolute Gasteiger partial charge is 0.330 e. The van der Waals surface area contributed by atoms with E-state index in [-0.39, 0.29) is 4.43 Å². The number of nitrogens with one attached hydrogen (secondary N) is 1. The third-order valence-corrected chi connectivity index (χ3v) is 3.99. The van der Waals surface area contributed by atoms with E-state index in [4.69, 9.17) is 4.74 Å². The van der Waals surface area contributed by atoms with Crippen molar-refractivity contribution in [2.45, 2.75) is 25.2 Å². The summed E-state index contributed by atoms with van der Waals surface area (Å²) in [5, 5.41) is 0. The summed E-state index contributed by atoms with van der Waals surface area (Å²) in [5.41, 5.74) is -1.32. The lowest BCUT2D eigenvalue weighted by Crippen LogP contribution is -2.35. The minimum Gasteiger partial charge on any atom is -0.318 e. The molecular weight excluding hydrogens is 361 g/mol. The van der Waals surface area contributed by atoms with Crippen LogP contribution in [0, 0.1) is 5.92 Å². The summed E-state index contributed by atoms with van der Waals surface area (Å²) in [6, 6.07) is 1.10. The predicted octanol–water partition coefficient (Wildman–Crippen LogP) is 1.14. The van der Waals surface area contributed by atoms with Gasteiger partial charge in [0.05, 0.1) is 4.43 Å². The molecule has 0 radical (unpaired) electrons. The van der Waals surface area contributed by atoms with E-state index in [0.717, 1.165) is 10.6 Å². The average molecular weight is 372 g/mol. The first-order valence-electron chi connectivity index (χ1n) is 5.27. The number of H-pyrrole nitrogens is 1. The predicted molar refractivity (Wildman–Crippen MR) is 68.2 cm³/mol. The van der Waals surface area contributed by atoms with Crippen molar-refractivity contribution in [3.8, 4) is 0 Å². The third-order valence-electron chi connectivity index (χ3n) is 2.95. The van der Waals surface area contributed by atoms with Crippen LogP contribution in [-0.4, -0.2) is 26.0 Å². The second-order valence-corrected chi connectivity index (χ2v) is 4.97. The number of ether oxygens (including phenoxy) is 1. The lowest BCUT2D eigenvalue weighted by atomic mass is 10.0. The molecule has 1 fully saturated rings. The number of nitrogens with zero attached hydrogens (tertiary/aromatic N) is 1. The van der Waals surface area contributed by atoms with Gasteiger partial charge in [-0.1, -0.05) is 29.5 Å². The molecule has 1 saturated heterocycles. The Morgan fingerprint density at radius 1 is 1.61 bits per heavy atom. The van der Waals surface area contributed by atoms with Crippen LogP contribution in [0.2, 0.25) is 0 Å². The lowest BCUT2D eigenvalue weighted by Gasteiger charge is -2.19. The summed E-state index contributed by atoms with van der Waals surface area (Å²) >= 11 is 1.69. The zero-order valence-electron chi connectivity index (χ0n) is 9.40. The van der Waals surface area contributed by atoms with Gasteiger partial charge in [-0.05, 0) is 0 Å². The molecule has 1 aliphatic rings. The van der Waals surface area contributed by atoms with Crippen LogP contribution in [0.5, 0.6) is 0 Å². The smallest absolute Gasteiger partial charge is 0.318 e. The zero-order chi connectivity index (χ0) is 13.5. The summed E-state index contributed by atoms with van der Waals surface area (Å²) in [4.78, 5) is 24.5. The molecule has 0 bridgehead atoms. The fourth-order valence-electron chi connectivity index (χ4n) is 1.95. The van der Waals surface area contributed by atoms with Crippen molar-refractivity contribution >= 4 is 22.6 Å². The van der Waals surface area contributed by atoms with Crippen LogP contribution in [0.25, 0.3) is 0 Å². The minimum atomic E-state index is -2.40. The standard InChI is InChI=1S/C10H11F2IN2O3/c1-5-7(11)10(12,4-13)18-8(5)15-3-2-6(16)14-9(15)17/h2-3,5,7-8H,4H2,1H3,(H,14,16,17)/t5-,7-,8+,10+/m0/s1. The van der Waals surface area contributed by atoms with E-state index in [1.807, 2.05) is 4.98 Å². The summed E-state index contributed by atoms with van der Waals surface area (Å²) in [7, 11) is 0. The molecule has 0 amide bonds. The van der Waals surface area contributed by atoms with Gasteiger partial charge in [0.1, 0.15) is 6.23 Å². The maximum Gasteiger partial charge on any atom is 0.330 e. The molecule has 0 aliphatic carbocycles. The SMILES string of the molecule is C[C@@H]1[C@H](n2ccc(=O)[nH]c2=O)O[C@](F)(CI)[C@H]1F. The van der Waals surface area contributed by atoms with Crippen molar-refractivity contribution in [2.24, 2.45) is 5.92 Å². The minimum absolute atomic E-state index is 0.176. The Bertz CT molecular complexity index is 561. The Morgan fingerprint density at radius 3 is 2.78 bits per heavy atom. The Hall–Kier alpha value is -0.770. The number of halogens is 3. The molecule has 0 saturated carbocycles. The highest BCUT2D eigenvalue weighted by Gasteiger charge is 2.55. The number of hydrogen-bond acceptors (Lipinski definition) is 3. The van der Waals surface area contributed by atoms with Gasteiger partial charge in [0, 0.05) is 18.2 Å². The third kappa shape index (κ3) is 2.11. The quantitative estimate of drug-likeness (QED) is 0.626. The first-order valence-corrected chi connectivity index (χ1v) is 6.80. The Morgan fingerprint density at radius 2 is 2.28 bits per heavy atom. The topological polar surface area (TPSA) is 64.1 Å². The molecule has 0 unspecified atom stereocenters. The van der Waals surface area contributed by atoms with Gasteiger partial charge < -0.3 is 4.74 Å². The van der Waals surface area contributed by atoms with E-state index in [0.29, 0.717) is 0 Å². The van der Waals surface area contributed by atoms with E-state index in [1.54, 1.807) is 22.6 Å². The molecule has 1 aromatic heterocycles. The zero-order valence-corrected chi connectivity index (χ0v) is 11.6. The van der Waals surface area contributed by atoms with Crippen LogP contribution in [0.1, 0.15) is 13.2 Å². The van der Waals surface area contributed by atoms with Crippen molar-refractivity contribution in [3.05, 3.63) is 33.1 Å². The van der Waals surface area contributed by atoms with Crippen LogP contribution >= 0.6 is 22.6 Å². The molecule has 0 spiro atoms. The molecule has 100 valence electrons. The van der Waals surface area contributed by atoms with Gasteiger partial charge in [-0.25, -0.2) is 13.6 Å². The van der Waals surface area contributed by atoms with Crippen molar-refractivity contribution in [1.29, 1.82) is 0 Å². The molecule has 2 rings (SSSR count). The first kappa shape index (κ1) is 13.7. The average Bonchev–Trinajstić information content (AvgIpc) is 2.55. The number of aromatic amines is 1. The highest BCUT2D eigenvalue weighted by molar-refractivity contribution is 14.1. The normalized spacial score (nSPS) is 35.9. The second-order valence-electron chi connectivity index (χ2n) is 4.21. The van der Waals surface area contributed by atoms with Crippen LogP contribution < -0.4 is 11.2 Å². The lowest BCUT2D eigenvalue weighted by molar-refractivity contribution is -0.157. The Balaban J connectivity index is 2.41. The molecule has 18 heavy (non-hydrogen) atoms.